The largest absolute Gasteiger partial charge is 0.301 e. The molecule has 108 valence electrons. The first-order valence-corrected chi connectivity index (χ1v) is 7.71. The Morgan fingerprint density at radius 3 is 2.47 bits per heavy atom. The Balaban J connectivity index is 1.96. The monoisotopic (exact) mass is 304 g/mol. The van der Waals surface area contributed by atoms with Crippen molar-refractivity contribution in [3.63, 3.8) is 0 Å². The van der Waals surface area contributed by atoms with Crippen LogP contribution in [0, 0.1) is 6.92 Å². The molecule has 0 radical (unpaired) electrons. The van der Waals surface area contributed by atoms with E-state index in [4.69, 9.17) is 23.2 Å². The summed E-state index contributed by atoms with van der Waals surface area (Å²) in [6.07, 6.45) is 1.19. The topological polar surface area (TPSA) is 24.3 Å². The lowest BCUT2D eigenvalue weighted by Gasteiger charge is -2.21. The zero-order chi connectivity index (χ0) is 13.8. The highest BCUT2D eigenvalue weighted by atomic mass is 35.5. The Bertz CT molecular complexity index is 419. The highest BCUT2D eigenvalue weighted by molar-refractivity contribution is 6.30. The summed E-state index contributed by atoms with van der Waals surface area (Å²) >= 11 is 12.1. The first-order valence-electron chi connectivity index (χ1n) is 6.80. The molecular formula is C13H22Cl2N4. The molecule has 1 aliphatic rings. The molecule has 0 atom stereocenters. The van der Waals surface area contributed by atoms with Crippen LogP contribution in [0.3, 0.4) is 0 Å². The lowest BCUT2D eigenvalue weighted by Crippen LogP contribution is -2.31. The van der Waals surface area contributed by atoms with Crippen molar-refractivity contribution in [3.05, 3.63) is 16.4 Å². The van der Waals surface area contributed by atoms with Gasteiger partial charge in [0.1, 0.15) is 5.15 Å². The van der Waals surface area contributed by atoms with Gasteiger partial charge in [-0.15, -0.1) is 11.6 Å². The van der Waals surface area contributed by atoms with Crippen molar-refractivity contribution >= 4 is 23.2 Å². The van der Waals surface area contributed by atoms with E-state index in [0.29, 0.717) is 5.88 Å². The Morgan fingerprint density at radius 1 is 1.16 bits per heavy atom. The summed E-state index contributed by atoms with van der Waals surface area (Å²) in [5.41, 5.74) is 2.20. The van der Waals surface area contributed by atoms with E-state index in [2.05, 4.69) is 14.9 Å². The standard InChI is InChI=1S/C13H22Cl2N4/c1-11-12(13(15)17(2)16-11)10-19-6-3-5-18(7-4-14)8-9-19/h3-10H2,1-2H3. The van der Waals surface area contributed by atoms with Crippen LogP contribution >= 0.6 is 23.2 Å². The maximum absolute atomic E-state index is 6.30. The molecule has 0 aliphatic carbocycles. The Hall–Kier alpha value is -0.290. The predicted octanol–water partition coefficient (Wildman–Crippen LogP) is 2.13. The third-order valence-corrected chi connectivity index (χ3v) is 4.38. The normalized spacial score (nSPS) is 18.7. The maximum atomic E-state index is 6.30. The number of alkyl halides is 1. The number of hydrogen-bond donors (Lipinski definition) is 0. The SMILES string of the molecule is Cc1nn(C)c(Cl)c1CN1CCCN(CCCl)CC1. The third kappa shape index (κ3) is 3.85. The second kappa shape index (κ2) is 6.93. The number of hydrogen-bond acceptors (Lipinski definition) is 3. The van der Waals surface area contributed by atoms with Crippen LogP contribution in [-0.2, 0) is 13.6 Å². The van der Waals surface area contributed by atoms with Gasteiger partial charge in [0.25, 0.3) is 0 Å². The number of rotatable bonds is 4. The van der Waals surface area contributed by atoms with E-state index in [1.807, 2.05) is 14.0 Å². The minimum atomic E-state index is 0.716. The quantitative estimate of drug-likeness (QED) is 0.797. The molecule has 0 bridgehead atoms. The fraction of sp³-hybridized carbons (Fsp3) is 0.769. The highest BCUT2D eigenvalue weighted by Crippen LogP contribution is 2.21. The summed E-state index contributed by atoms with van der Waals surface area (Å²) in [6.45, 7) is 8.33. The van der Waals surface area contributed by atoms with E-state index < -0.39 is 0 Å². The average Bonchev–Trinajstić information content (AvgIpc) is 2.58. The van der Waals surface area contributed by atoms with Crippen molar-refractivity contribution < 1.29 is 0 Å². The zero-order valence-electron chi connectivity index (χ0n) is 11.7. The first kappa shape index (κ1) is 15.1. The van der Waals surface area contributed by atoms with Gasteiger partial charge in [-0.3, -0.25) is 9.58 Å². The fourth-order valence-corrected chi connectivity index (χ4v) is 3.08. The molecule has 0 amide bonds. The summed E-state index contributed by atoms with van der Waals surface area (Å²) in [7, 11) is 1.89. The molecule has 0 saturated carbocycles. The molecule has 1 fully saturated rings. The minimum Gasteiger partial charge on any atom is -0.301 e. The lowest BCUT2D eigenvalue weighted by atomic mass is 10.2. The van der Waals surface area contributed by atoms with E-state index in [0.717, 1.165) is 55.7 Å². The van der Waals surface area contributed by atoms with Gasteiger partial charge < -0.3 is 4.90 Å². The number of aromatic nitrogens is 2. The van der Waals surface area contributed by atoms with E-state index in [1.54, 1.807) is 4.68 Å². The van der Waals surface area contributed by atoms with Crippen molar-refractivity contribution in [3.8, 4) is 0 Å². The van der Waals surface area contributed by atoms with Gasteiger partial charge in [0.05, 0.1) is 5.69 Å². The van der Waals surface area contributed by atoms with Crippen LogP contribution < -0.4 is 0 Å². The van der Waals surface area contributed by atoms with Gasteiger partial charge in [0.2, 0.25) is 0 Å². The second-order valence-electron chi connectivity index (χ2n) is 5.14. The van der Waals surface area contributed by atoms with Gasteiger partial charge in [0.15, 0.2) is 0 Å². The van der Waals surface area contributed by atoms with Crippen LogP contribution in [0.25, 0.3) is 0 Å². The highest BCUT2D eigenvalue weighted by Gasteiger charge is 2.18. The van der Waals surface area contributed by atoms with E-state index in [1.165, 1.54) is 6.42 Å². The number of nitrogens with zero attached hydrogens (tertiary/aromatic N) is 4. The molecule has 1 aliphatic heterocycles. The van der Waals surface area contributed by atoms with E-state index >= 15 is 0 Å². The summed E-state index contributed by atoms with van der Waals surface area (Å²) in [5, 5.41) is 5.14. The Morgan fingerprint density at radius 2 is 1.84 bits per heavy atom. The molecule has 0 unspecified atom stereocenters. The lowest BCUT2D eigenvalue weighted by molar-refractivity contribution is 0.258. The van der Waals surface area contributed by atoms with Crippen molar-refractivity contribution in [2.45, 2.75) is 19.9 Å². The van der Waals surface area contributed by atoms with Crippen LogP contribution in [0.4, 0.5) is 0 Å². The summed E-state index contributed by atoms with van der Waals surface area (Å²) < 4.78 is 1.75. The van der Waals surface area contributed by atoms with Crippen molar-refractivity contribution in [1.82, 2.24) is 19.6 Å². The number of halogens is 2. The van der Waals surface area contributed by atoms with Gasteiger partial charge in [-0.05, 0) is 26.4 Å². The van der Waals surface area contributed by atoms with Crippen molar-refractivity contribution in [2.75, 3.05) is 38.6 Å². The van der Waals surface area contributed by atoms with Crippen molar-refractivity contribution in [1.29, 1.82) is 0 Å². The molecule has 0 aromatic carbocycles. The molecular weight excluding hydrogens is 283 g/mol. The van der Waals surface area contributed by atoms with Crippen molar-refractivity contribution in [2.24, 2.45) is 7.05 Å². The average molecular weight is 305 g/mol. The second-order valence-corrected chi connectivity index (χ2v) is 5.87. The zero-order valence-corrected chi connectivity index (χ0v) is 13.2. The molecule has 0 N–H and O–H groups in total. The Kier molecular flexibility index (Phi) is 5.51. The van der Waals surface area contributed by atoms with Gasteiger partial charge in [-0.25, -0.2) is 0 Å². The first-order chi connectivity index (χ1) is 9.11. The van der Waals surface area contributed by atoms with Crippen LogP contribution in [0.2, 0.25) is 5.15 Å². The molecule has 2 heterocycles. The molecule has 1 aromatic rings. The fourth-order valence-electron chi connectivity index (χ4n) is 2.60. The van der Waals surface area contributed by atoms with Gasteiger partial charge >= 0.3 is 0 Å². The molecule has 2 rings (SSSR count). The smallest absolute Gasteiger partial charge is 0.131 e. The van der Waals surface area contributed by atoms with E-state index in [9.17, 15) is 0 Å². The molecule has 6 heteroatoms. The van der Waals surface area contributed by atoms with Gasteiger partial charge in [-0.2, -0.15) is 5.10 Å². The molecule has 4 nitrogen and oxygen atoms in total. The van der Waals surface area contributed by atoms with Crippen LogP contribution in [0.5, 0.6) is 0 Å². The Labute approximate surface area is 125 Å². The summed E-state index contributed by atoms with van der Waals surface area (Å²) in [4.78, 5) is 4.90. The van der Waals surface area contributed by atoms with Gasteiger partial charge in [-0.1, -0.05) is 11.6 Å². The molecule has 0 spiro atoms. The van der Waals surface area contributed by atoms with E-state index in [-0.39, 0.29) is 0 Å². The van der Waals surface area contributed by atoms with Crippen LogP contribution in [-0.4, -0.2) is 58.2 Å². The molecule has 1 aromatic heterocycles. The number of aryl methyl sites for hydroxylation is 2. The minimum absolute atomic E-state index is 0.716. The summed E-state index contributed by atoms with van der Waals surface area (Å²) in [5.74, 6) is 0.716. The predicted molar refractivity (Wildman–Crippen MR) is 80.0 cm³/mol. The molecule has 1 saturated heterocycles. The maximum Gasteiger partial charge on any atom is 0.131 e. The third-order valence-electron chi connectivity index (χ3n) is 3.73. The molecule has 19 heavy (non-hydrogen) atoms. The van der Waals surface area contributed by atoms with Crippen LogP contribution in [0.15, 0.2) is 0 Å². The van der Waals surface area contributed by atoms with Gasteiger partial charge in [0, 0.05) is 44.7 Å². The summed E-state index contributed by atoms with van der Waals surface area (Å²) in [6, 6.07) is 0. The van der Waals surface area contributed by atoms with Crippen LogP contribution in [0.1, 0.15) is 17.7 Å².